The summed E-state index contributed by atoms with van der Waals surface area (Å²) in [5.74, 6) is 1.26. The van der Waals surface area contributed by atoms with Crippen molar-refractivity contribution in [1.82, 2.24) is 9.80 Å². The second-order valence-corrected chi connectivity index (χ2v) is 6.13. The molecule has 1 atom stereocenters. The summed E-state index contributed by atoms with van der Waals surface area (Å²) in [5, 5.41) is 0.641. The summed E-state index contributed by atoms with van der Waals surface area (Å²) in [6.07, 6.45) is 3.29. The van der Waals surface area contributed by atoms with Gasteiger partial charge in [-0.2, -0.15) is 0 Å². The molecule has 0 aromatic heterocycles. The number of hydrogen-bond donors (Lipinski definition) is 0. The maximum absolute atomic E-state index is 11.4. The van der Waals surface area contributed by atoms with Crippen LogP contribution in [0, 0.1) is 5.92 Å². The Balaban J connectivity index is 2.04. The molecule has 21 heavy (non-hydrogen) atoms. The molecule has 4 nitrogen and oxygen atoms in total. The largest absolute Gasteiger partial charge is 0.496 e. The Hall–Kier alpha value is -1.26. The number of methoxy groups -OCH3 is 1. The van der Waals surface area contributed by atoms with Crippen molar-refractivity contribution in [2.75, 3.05) is 33.8 Å². The predicted molar refractivity (Wildman–Crippen MR) is 84.7 cm³/mol. The minimum Gasteiger partial charge on any atom is -0.496 e. The summed E-state index contributed by atoms with van der Waals surface area (Å²) in [4.78, 5) is 15.5. The van der Waals surface area contributed by atoms with Gasteiger partial charge in [-0.15, -0.1) is 0 Å². The van der Waals surface area contributed by atoms with Crippen LogP contribution in [0.5, 0.6) is 5.75 Å². The first-order valence-corrected chi connectivity index (χ1v) is 7.71. The number of halogens is 1. The molecule has 1 saturated heterocycles. The second-order valence-electron chi connectivity index (χ2n) is 5.73. The number of amides is 1. The summed E-state index contributed by atoms with van der Waals surface area (Å²) in [6, 6.07) is 5.56. The number of nitrogens with zero attached hydrogens (tertiary/aromatic N) is 2. The van der Waals surface area contributed by atoms with Crippen LogP contribution >= 0.6 is 11.6 Å². The Morgan fingerprint density at radius 1 is 1.52 bits per heavy atom. The minimum atomic E-state index is 0.493. The molecule has 1 aromatic rings. The normalized spacial score (nSPS) is 19.3. The van der Waals surface area contributed by atoms with E-state index in [4.69, 9.17) is 16.3 Å². The second kappa shape index (κ2) is 7.66. The molecule has 0 aliphatic carbocycles. The van der Waals surface area contributed by atoms with Crippen molar-refractivity contribution in [3.8, 4) is 5.75 Å². The third-order valence-corrected chi connectivity index (χ3v) is 4.37. The molecule has 0 radical (unpaired) electrons. The molecule has 1 aliphatic heterocycles. The molecule has 0 saturated carbocycles. The number of carbonyl (C=O) groups is 1. The van der Waals surface area contributed by atoms with Crippen molar-refractivity contribution in [2.45, 2.75) is 19.4 Å². The van der Waals surface area contributed by atoms with E-state index in [-0.39, 0.29) is 0 Å². The highest BCUT2D eigenvalue weighted by Crippen LogP contribution is 2.28. The van der Waals surface area contributed by atoms with Gasteiger partial charge in [0, 0.05) is 23.7 Å². The Kier molecular flexibility index (Phi) is 5.88. The lowest BCUT2D eigenvalue weighted by molar-refractivity contribution is -0.119. The summed E-state index contributed by atoms with van der Waals surface area (Å²) in [7, 11) is 3.75. The van der Waals surface area contributed by atoms with Crippen LogP contribution in [0.3, 0.4) is 0 Å². The SMILES string of the molecule is COc1cccc(Cl)c1CN(C=O)CC1CCCN(C)C1. The molecule has 0 N–H and O–H groups in total. The summed E-state index contributed by atoms with van der Waals surface area (Å²) >= 11 is 6.24. The minimum absolute atomic E-state index is 0.493. The van der Waals surface area contributed by atoms with Gasteiger partial charge >= 0.3 is 0 Å². The van der Waals surface area contributed by atoms with E-state index in [1.54, 1.807) is 12.0 Å². The molecular weight excluding hydrogens is 288 g/mol. The van der Waals surface area contributed by atoms with Crippen LogP contribution in [0.15, 0.2) is 18.2 Å². The van der Waals surface area contributed by atoms with Crippen LogP contribution in [0.1, 0.15) is 18.4 Å². The van der Waals surface area contributed by atoms with Crippen LogP contribution in [-0.4, -0.2) is 50.0 Å². The summed E-state index contributed by atoms with van der Waals surface area (Å²) in [5.41, 5.74) is 0.873. The summed E-state index contributed by atoms with van der Waals surface area (Å²) < 4.78 is 5.34. The van der Waals surface area contributed by atoms with Gasteiger partial charge in [-0.25, -0.2) is 0 Å². The number of piperidine rings is 1. The Bertz CT molecular complexity index is 481. The Labute approximate surface area is 131 Å². The molecular formula is C16H23ClN2O2. The van der Waals surface area contributed by atoms with Gasteiger partial charge in [0.15, 0.2) is 0 Å². The number of rotatable bonds is 6. The molecule has 5 heteroatoms. The molecule has 1 heterocycles. The predicted octanol–water partition coefficient (Wildman–Crippen LogP) is 2.65. The fraction of sp³-hybridized carbons (Fsp3) is 0.562. The smallest absolute Gasteiger partial charge is 0.210 e. The Morgan fingerprint density at radius 2 is 2.33 bits per heavy atom. The van der Waals surface area contributed by atoms with Crippen molar-refractivity contribution in [2.24, 2.45) is 5.92 Å². The lowest BCUT2D eigenvalue weighted by Gasteiger charge is -2.32. The number of benzene rings is 1. The van der Waals surface area contributed by atoms with Crippen LogP contribution < -0.4 is 4.74 Å². The van der Waals surface area contributed by atoms with Crippen molar-refractivity contribution in [1.29, 1.82) is 0 Å². The van der Waals surface area contributed by atoms with Gasteiger partial charge < -0.3 is 14.5 Å². The molecule has 1 aliphatic rings. The third-order valence-electron chi connectivity index (χ3n) is 4.02. The zero-order valence-electron chi connectivity index (χ0n) is 12.7. The number of carbonyl (C=O) groups excluding carboxylic acids is 1. The van der Waals surface area contributed by atoms with Crippen molar-refractivity contribution in [3.63, 3.8) is 0 Å². The fourth-order valence-corrected chi connectivity index (χ4v) is 3.21. The van der Waals surface area contributed by atoms with Crippen LogP contribution in [0.25, 0.3) is 0 Å². The van der Waals surface area contributed by atoms with Crippen LogP contribution in [0.4, 0.5) is 0 Å². The van der Waals surface area contributed by atoms with E-state index in [9.17, 15) is 4.79 Å². The average molecular weight is 311 g/mol. The summed E-state index contributed by atoms with van der Waals surface area (Å²) in [6.45, 7) is 3.45. The topological polar surface area (TPSA) is 32.8 Å². The highest BCUT2D eigenvalue weighted by molar-refractivity contribution is 6.31. The molecule has 0 bridgehead atoms. The first-order valence-electron chi connectivity index (χ1n) is 7.33. The maximum atomic E-state index is 11.4. The third kappa shape index (κ3) is 4.35. The molecule has 116 valence electrons. The maximum Gasteiger partial charge on any atom is 0.210 e. The monoisotopic (exact) mass is 310 g/mol. The number of hydrogen-bond acceptors (Lipinski definition) is 3. The lowest BCUT2D eigenvalue weighted by atomic mass is 9.98. The van der Waals surface area contributed by atoms with Gasteiger partial charge in [0.05, 0.1) is 13.7 Å². The van der Waals surface area contributed by atoms with E-state index < -0.39 is 0 Å². The van der Waals surface area contributed by atoms with E-state index in [2.05, 4.69) is 11.9 Å². The standard InChI is InChI=1S/C16H23ClN2O2/c1-18-8-4-5-13(9-18)10-19(12-20)11-14-15(17)6-3-7-16(14)21-2/h3,6-7,12-13H,4-5,8-11H2,1-2H3. The van der Waals surface area contributed by atoms with E-state index >= 15 is 0 Å². The zero-order chi connectivity index (χ0) is 15.2. The highest BCUT2D eigenvalue weighted by Gasteiger charge is 2.20. The first kappa shape index (κ1) is 16.1. The molecule has 1 amide bonds. The van der Waals surface area contributed by atoms with Gasteiger partial charge in [0.2, 0.25) is 6.41 Å². The molecule has 1 aromatic carbocycles. The lowest BCUT2D eigenvalue weighted by Crippen LogP contribution is -2.38. The quantitative estimate of drug-likeness (QED) is 0.757. The van der Waals surface area contributed by atoms with E-state index in [1.165, 1.54) is 12.8 Å². The van der Waals surface area contributed by atoms with Gasteiger partial charge in [0.1, 0.15) is 5.75 Å². The van der Waals surface area contributed by atoms with E-state index in [0.717, 1.165) is 37.4 Å². The molecule has 0 spiro atoms. The highest BCUT2D eigenvalue weighted by atomic mass is 35.5. The van der Waals surface area contributed by atoms with Gasteiger partial charge in [-0.1, -0.05) is 17.7 Å². The first-order chi connectivity index (χ1) is 10.1. The fourth-order valence-electron chi connectivity index (χ4n) is 2.99. The zero-order valence-corrected chi connectivity index (χ0v) is 13.5. The van der Waals surface area contributed by atoms with Crippen molar-refractivity contribution in [3.05, 3.63) is 28.8 Å². The van der Waals surface area contributed by atoms with Crippen molar-refractivity contribution < 1.29 is 9.53 Å². The molecule has 2 rings (SSSR count). The molecule has 1 unspecified atom stereocenters. The number of ether oxygens (including phenoxy) is 1. The average Bonchev–Trinajstić information content (AvgIpc) is 2.48. The van der Waals surface area contributed by atoms with Gasteiger partial charge in [0.25, 0.3) is 0 Å². The molecule has 1 fully saturated rings. The van der Waals surface area contributed by atoms with Crippen LogP contribution in [-0.2, 0) is 11.3 Å². The van der Waals surface area contributed by atoms with E-state index in [1.807, 2.05) is 18.2 Å². The van der Waals surface area contributed by atoms with Crippen molar-refractivity contribution >= 4 is 18.0 Å². The number of likely N-dealkylation sites (tertiary alicyclic amines) is 1. The Morgan fingerprint density at radius 3 is 3.00 bits per heavy atom. The van der Waals surface area contributed by atoms with E-state index in [0.29, 0.717) is 17.5 Å². The van der Waals surface area contributed by atoms with Crippen LogP contribution in [0.2, 0.25) is 5.02 Å². The van der Waals surface area contributed by atoms with Gasteiger partial charge in [-0.3, -0.25) is 4.79 Å². The van der Waals surface area contributed by atoms with Gasteiger partial charge in [-0.05, 0) is 44.5 Å².